The molecule has 0 fully saturated rings. The van der Waals surface area contributed by atoms with E-state index in [4.69, 9.17) is 4.74 Å². The quantitative estimate of drug-likeness (QED) is 0.819. The van der Waals surface area contributed by atoms with Crippen molar-refractivity contribution >= 4 is 22.2 Å². The number of nitrogens with one attached hydrogen (secondary N) is 1. The van der Waals surface area contributed by atoms with Gasteiger partial charge in [-0.25, -0.2) is 4.98 Å². The molecule has 0 spiro atoms. The summed E-state index contributed by atoms with van der Waals surface area (Å²) in [5, 5.41) is 4.11. The summed E-state index contributed by atoms with van der Waals surface area (Å²) in [6, 6.07) is 7.09. The molecule has 0 amide bonds. The fourth-order valence-corrected chi connectivity index (χ4v) is 4.68. The molecular weight excluding hydrogens is 368 g/mol. The second kappa shape index (κ2) is 8.45. The summed E-state index contributed by atoms with van der Waals surface area (Å²) < 4.78 is 6.16. The second-order valence-electron chi connectivity index (χ2n) is 7.57. The SMILES string of the molecule is CNc1ncc(CN2CCc3ccc(OC4=CC(C)=NCC4)cc3C[C@@H]2C)s1. The number of rotatable bonds is 5. The molecule has 1 aromatic carbocycles. The highest BCUT2D eigenvalue weighted by molar-refractivity contribution is 7.15. The molecule has 6 heteroatoms. The van der Waals surface area contributed by atoms with Gasteiger partial charge in [-0.15, -0.1) is 11.3 Å². The first-order valence-electron chi connectivity index (χ1n) is 9.98. The summed E-state index contributed by atoms with van der Waals surface area (Å²) in [5.74, 6) is 1.96. The van der Waals surface area contributed by atoms with E-state index in [1.54, 1.807) is 11.3 Å². The maximum atomic E-state index is 6.16. The van der Waals surface area contributed by atoms with Gasteiger partial charge in [0, 0.05) is 55.9 Å². The number of dihydropyridines is 1. The highest BCUT2D eigenvalue weighted by Crippen LogP contribution is 2.28. The molecule has 5 nitrogen and oxygen atoms in total. The third kappa shape index (κ3) is 4.45. The van der Waals surface area contributed by atoms with Crippen molar-refractivity contribution in [1.82, 2.24) is 9.88 Å². The Labute approximate surface area is 171 Å². The van der Waals surface area contributed by atoms with Crippen LogP contribution in [0.5, 0.6) is 5.75 Å². The van der Waals surface area contributed by atoms with Crippen LogP contribution in [0, 0.1) is 0 Å². The molecule has 0 bridgehead atoms. The zero-order valence-corrected chi connectivity index (χ0v) is 17.7. The van der Waals surface area contributed by atoms with E-state index >= 15 is 0 Å². The lowest BCUT2D eigenvalue weighted by molar-refractivity contribution is 0.209. The molecular formula is C22H28N4OS. The number of thiazole rings is 1. The number of nitrogens with zero attached hydrogens (tertiary/aromatic N) is 3. The van der Waals surface area contributed by atoms with Gasteiger partial charge in [-0.05, 0) is 56.0 Å². The minimum Gasteiger partial charge on any atom is -0.462 e. The average Bonchev–Trinajstić information content (AvgIpc) is 3.07. The van der Waals surface area contributed by atoms with Crippen LogP contribution in [0.2, 0.25) is 0 Å². The number of aliphatic imine (C=N–C) groups is 1. The van der Waals surface area contributed by atoms with Gasteiger partial charge in [0.1, 0.15) is 11.5 Å². The molecule has 1 atom stereocenters. The number of hydrogen-bond donors (Lipinski definition) is 1. The molecule has 2 aliphatic rings. The predicted octanol–water partition coefficient (Wildman–Crippen LogP) is 4.30. The van der Waals surface area contributed by atoms with Crippen molar-refractivity contribution in [3.8, 4) is 5.75 Å². The van der Waals surface area contributed by atoms with Gasteiger partial charge in [-0.1, -0.05) is 6.07 Å². The summed E-state index contributed by atoms with van der Waals surface area (Å²) in [4.78, 5) is 12.7. The summed E-state index contributed by atoms with van der Waals surface area (Å²) >= 11 is 1.74. The Morgan fingerprint density at radius 2 is 2.18 bits per heavy atom. The number of allylic oxidation sites excluding steroid dienone is 1. The van der Waals surface area contributed by atoms with Crippen LogP contribution in [0.15, 0.2) is 41.2 Å². The molecule has 28 heavy (non-hydrogen) atoms. The Bertz CT molecular complexity index is 902. The highest BCUT2D eigenvalue weighted by Gasteiger charge is 2.22. The first-order chi connectivity index (χ1) is 13.6. The van der Waals surface area contributed by atoms with Crippen LogP contribution >= 0.6 is 11.3 Å². The average molecular weight is 397 g/mol. The van der Waals surface area contributed by atoms with Crippen LogP contribution in [0.3, 0.4) is 0 Å². The fraction of sp³-hybridized carbons (Fsp3) is 0.455. The molecule has 148 valence electrons. The molecule has 0 saturated carbocycles. The second-order valence-corrected chi connectivity index (χ2v) is 8.69. The van der Waals surface area contributed by atoms with Gasteiger partial charge in [-0.3, -0.25) is 9.89 Å². The standard InChI is InChI=1S/C22H28N4OS/c1-15-10-20(6-8-24-15)27-19-5-4-17-7-9-26(16(2)11-18(17)12-19)14-21-13-25-22(23-3)28-21/h4-5,10,12-13,16H,6-9,11,14H2,1-3H3,(H,23,25)/t16-/m0/s1. The maximum Gasteiger partial charge on any atom is 0.182 e. The molecule has 4 rings (SSSR count). The van der Waals surface area contributed by atoms with E-state index in [-0.39, 0.29) is 0 Å². The van der Waals surface area contributed by atoms with Gasteiger partial charge < -0.3 is 10.1 Å². The number of ether oxygens (including phenoxy) is 1. The van der Waals surface area contributed by atoms with E-state index in [1.807, 2.05) is 26.2 Å². The predicted molar refractivity (Wildman–Crippen MR) is 117 cm³/mol. The molecule has 0 unspecified atom stereocenters. The number of fused-ring (bicyclic) bond motifs is 1. The summed E-state index contributed by atoms with van der Waals surface area (Å²) in [5.41, 5.74) is 3.90. The van der Waals surface area contributed by atoms with Crippen molar-refractivity contribution in [2.45, 2.75) is 45.7 Å². The number of benzene rings is 1. The zero-order chi connectivity index (χ0) is 19.5. The van der Waals surface area contributed by atoms with Crippen molar-refractivity contribution < 1.29 is 4.74 Å². The Balaban J connectivity index is 1.46. The largest absolute Gasteiger partial charge is 0.462 e. The lowest BCUT2D eigenvalue weighted by Crippen LogP contribution is -2.33. The van der Waals surface area contributed by atoms with E-state index in [9.17, 15) is 0 Å². The summed E-state index contributed by atoms with van der Waals surface area (Å²) in [6.45, 7) is 7.21. The van der Waals surface area contributed by atoms with Gasteiger partial charge in [0.2, 0.25) is 0 Å². The molecule has 0 radical (unpaired) electrons. The van der Waals surface area contributed by atoms with Crippen molar-refractivity contribution in [3.63, 3.8) is 0 Å². The van der Waals surface area contributed by atoms with E-state index in [0.717, 1.165) is 61.2 Å². The topological polar surface area (TPSA) is 49.8 Å². The Kier molecular flexibility index (Phi) is 5.78. The minimum absolute atomic E-state index is 0.486. The van der Waals surface area contributed by atoms with Gasteiger partial charge in [0.05, 0.1) is 0 Å². The lowest BCUT2D eigenvalue weighted by atomic mass is 10.0. The van der Waals surface area contributed by atoms with Crippen LogP contribution in [-0.4, -0.2) is 41.8 Å². The van der Waals surface area contributed by atoms with Gasteiger partial charge in [0.15, 0.2) is 5.13 Å². The van der Waals surface area contributed by atoms with Crippen molar-refractivity contribution in [2.75, 3.05) is 25.5 Å². The van der Waals surface area contributed by atoms with Gasteiger partial charge in [-0.2, -0.15) is 0 Å². The summed E-state index contributed by atoms with van der Waals surface area (Å²) in [6.07, 6.45) is 7.04. The van der Waals surface area contributed by atoms with E-state index in [0.29, 0.717) is 6.04 Å². The Morgan fingerprint density at radius 1 is 1.29 bits per heavy atom. The van der Waals surface area contributed by atoms with Crippen LogP contribution in [0.4, 0.5) is 5.13 Å². The molecule has 1 aromatic heterocycles. The normalized spacial score (nSPS) is 20.0. The molecule has 3 heterocycles. The monoisotopic (exact) mass is 396 g/mol. The number of aromatic nitrogens is 1. The molecule has 2 aromatic rings. The minimum atomic E-state index is 0.486. The van der Waals surface area contributed by atoms with Gasteiger partial charge >= 0.3 is 0 Å². The number of hydrogen-bond acceptors (Lipinski definition) is 6. The van der Waals surface area contributed by atoms with Crippen LogP contribution in [-0.2, 0) is 19.4 Å². The molecule has 2 aliphatic heterocycles. The smallest absolute Gasteiger partial charge is 0.182 e. The van der Waals surface area contributed by atoms with Crippen LogP contribution in [0.1, 0.15) is 36.3 Å². The van der Waals surface area contributed by atoms with Crippen LogP contribution < -0.4 is 10.1 Å². The third-order valence-electron chi connectivity index (χ3n) is 5.45. The number of anilines is 1. The summed E-state index contributed by atoms with van der Waals surface area (Å²) in [7, 11) is 1.92. The van der Waals surface area contributed by atoms with E-state index in [2.05, 4.69) is 45.3 Å². The van der Waals surface area contributed by atoms with Crippen molar-refractivity contribution in [1.29, 1.82) is 0 Å². The molecule has 0 aliphatic carbocycles. The van der Waals surface area contributed by atoms with E-state index in [1.165, 1.54) is 16.0 Å². The Morgan fingerprint density at radius 3 is 2.96 bits per heavy atom. The third-order valence-corrected chi connectivity index (χ3v) is 6.45. The van der Waals surface area contributed by atoms with Gasteiger partial charge in [0.25, 0.3) is 0 Å². The first kappa shape index (κ1) is 19.2. The van der Waals surface area contributed by atoms with Crippen LogP contribution in [0.25, 0.3) is 0 Å². The van der Waals surface area contributed by atoms with Crippen molar-refractivity contribution in [2.24, 2.45) is 4.99 Å². The Hall–Kier alpha value is -2.18. The van der Waals surface area contributed by atoms with E-state index < -0.39 is 0 Å². The highest BCUT2D eigenvalue weighted by atomic mass is 32.1. The fourth-order valence-electron chi connectivity index (χ4n) is 3.89. The molecule has 0 saturated heterocycles. The maximum absolute atomic E-state index is 6.16. The zero-order valence-electron chi connectivity index (χ0n) is 16.9. The first-order valence-corrected chi connectivity index (χ1v) is 10.8. The lowest BCUT2D eigenvalue weighted by Gasteiger charge is -2.26. The van der Waals surface area contributed by atoms with Crippen molar-refractivity contribution in [3.05, 3.63) is 52.2 Å². The molecule has 1 N–H and O–H groups in total.